The summed E-state index contributed by atoms with van der Waals surface area (Å²) in [7, 11) is 0. The van der Waals surface area contributed by atoms with Gasteiger partial charge in [-0.3, -0.25) is 10.0 Å². The van der Waals surface area contributed by atoms with E-state index in [0.717, 1.165) is 16.8 Å². The number of anilines is 1. The summed E-state index contributed by atoms with van der Waals surface area (Å²) >= 11 is 0. The van der Waals surface area contributed by atoms with E-state index in [9.17, 15) is 10.0 Å². The first-order chi connectivity index (χ1) is 9.06. The molecule has 0 spiro atoms. The zero-order chi connectivity index (χ0) is 13.6. The van der Waals surface area contributed by atoms with Gasteiger partial charge in [-0.25, -0.2) is 4.68 Å². The van der Waals surface area contributed by atoms with E-state index < -0.39 is 11.9 Å². The Morgan fingerprint density at radius 3 is 2.65 bits per heavy atom. The number of hydrogen-bond acceptors (Lipinski definition) is 4. The highest BCUT2D eigenvalue weighted by Crippen LogP contribution is 2.25. The molecule has 1 aliphatic heterocycles. The van der Waals surface area contributed by atoms with Crippen molar-refractivity contribution in [2.45, 2.75) is 19.4 Å². The molecule has 0 unspecified atom stereocenters. The molecule has 3 N–H and O–H groups in total. The normalized spacial score (nSPS) is 17.6. The van der Waals surface area contributed by atoms with Crippen LogP contribution in [0.4, 0.5) is 5.82 Å². The third-order valence-corrected chi connectivity index (χ3v) is 3.23. The van der Waals surface area contributed by atoms with Gasteiger partial charge in [0.05, 0.1) is 11.7 Å². The molecular weight excluding hydrogens is 280 g/mol. The number of rotatable bonds is 1. The molecule has 0 aliphatic carbocycles. The van der Waals surface area contributed by atoms with Crippen molar-refractivity contribution in [1.82, 2.24) is 9.78 Å². The Hall–Kier alpha value is -1.89. The van der Waals surface area contributed by atoms with Gasteiger partial charge < -0.3 is 5.73 Å². The minimum absolute atomic E-state index is 0. The average molecular weight is 295 g/mol. The lowest BCUT2D eigenvalue weighted by atomic mass is 10.1. The van der Waals surface area contributed by atoms with Gasteiger partial charge in [0.15, 0.2) is 5.82 Å². The Labute approximate surface area is 122 Å². The second kappa shape index (κ2) is 5.24. The molecule has 2 heterocycles. The van der Waals surface area contributed by atoms with Crippen LogP contribution in [0.5, 0.6) is 0 Å². The number of hydrogen-bond donors (Lipinski definition) is 2. The fourth-order valence-electron chi connectivity index (χ4n) is 2.14. The largest absolute Gasteiger partial charge is 0.320 e. The van der Waals surface area contributed by atoms with Crippen molar-refractivity contribution < 1.29 is 10.0 Å². The lowest BCUT2D eigenvalue weighted by Crippen LogP contribution is -2.47. The van der Waals surface area contributed by atoms with Gasteiger partial charge in [0, 0.05) is 18.2 Å². The summed E-state index contributed by atoms with van der Waals surface area (Å²) in [5.41, 5.74) is 8.45. The number of carbonyl (C=O) groups excluding carboxylic acids is 1. The molecule has 1 aromatic heterocycles. The van der Waals surface area contributed by atoms with Gasteiger partial charge >= 0.3 is 0 Å². The number of halogens is 1. The first kappa shape index (κ1) is 14.5. The summed E-state index contributed by atoms with van der Waals surface area (Å²) in [5, 5.41) is 14.5. The molecule has 3 rings (SSSR count). The fraction of sp³-hybridized carbons (Fsp3) is 0.231. The van der Waals surface area contributed by atoms with E-state index in [1.807, 2.05) is 31.2 Å². The van der Waals surface area contributed by atoms with Crippen molar-refractivity contribution in [3.05, 3.63) is 41.6 Å². The number of aromatic nitrogens is 2. The van der Waals surface area contributed by atoms with Gasteiger partial charge in [0.2, 0.25) is 0 Å². The third-order valence-electron chi connectivity index (χ3n) is 3.23. The van der Waals surface area contributed by atoms with E-state index in [4.69, 9.17) is 5.73 Å². The summed E-state index contributed by atoms with van der Waals surface area (Å²) in [4.78, 5) is 11.6. The number of carbonyl (C=O) groups is 1. The van der Waals surface area contributed by atoms with Crippen molar-refractivity contribution >= 4 is 24.1 Å². The molecule has 1 aliphatic rings. The fourth-order valence-corrected chi connectivity index (χ4v) is 2.14. The van der Waals surface area contributed by atoms with Crippen LogP contribution in [0.1, 0.15) is 11.1 Å². The van der Waals surface area contributed by atoms with E-state index in [2.05, 4.69) is 5.10 Å². The zero-order valence-electron chi connectivity index (χ0n) is 10.9. The lowest BCUT2D eigenvalue weighted by Gasteiger charge is -2.22. The Bertz CT molecular complexity index is 638. The number of benzene rings is 1. The highest BCUT2D eigenvalue weighted by Gasteiger charge is 2.32. The molecule has 20 heavy (non-hydrogen) atoms. The van der Waals surface area contributed by atoms with Crippen LogP contribution in [-0.2, 0) is 11.2 Å². The topological polar surface area (TPSA) is 84.4 Å². The molecule has 6 nitrogen and oxygen atoms in total. The summed E-state index contributed by atoms with van der Waals surface area (Å²) in [6, 6.07) is 7.09. The molecule has 1 amide bonds. The highest BCUT2D eigenvalue weighted by molar-refractivity contribution is 5.97. The maximum absolute atomic E-state index is 11.6. The molecule has 7 heteroatoms. The molecule has 0 saturated carbocycles. The molecule has 106 valence electrons. The first-order valence-electron chi connectivity index (χ1n) is 6.00. The van der Waals surface area contributed by atoms with Crippen LogP contribution < -0.4 is 10.8 Å². The molecule has 0 saturated heterocycles. The van der Waals surface area contributed by atoms with Crippen LogP contribution in [0.3, 0.4) is 0 Å². The van der Waals surface area contributed by atoms with E-state index >= 15 is 0 Å². The molecule has 0 radical (unpaired) electrons. The number of amides is 1. The Morgan fingerprint density at radius 2 is 2.00 bits per heavy atom. The maximum Gasteiger partial charge on any atom is 0.269 e. The smallest absolute Gasteiger partial charge is 0.269 e. The Morgan fingerprint density at radius 1 is 1.35 bits per heavy atom. The van der Waals surface area contributed by atoms with Crippen LogP contribution >= 0.6 is 12.4 Å². The van der Waals surface area contributed by atoms with E-state index in [1.54, 1.807) is 10.9 Å². The minimum atomic E-state index is -0.715. The molecular formula is C13H15ClN4O2. The third kappa shape index (κ3) is 2.29. The highest BCUT2D eigenvalue weighted by atomic mass is 35.5. The Balaban J connectivity index is 0.00000147. The lowest BCUT2D eigenvalue weighted by molar-refractivity contribution is -0.125. The standard InChI is InChI=1S/C13H14N4O2.ClH/c1-8-2-4-10(5-3-8)16-7-9-6-11(14)13(18)17(19)12(9)15-16;/h2-5,7,11,19H,6,14H2,1H3;1H/t11-;/m0./s1. The monoisotopic (exact) mass is 294 g/mol. The van der Waals surface area contributed by atoms with Gasteiger partial charge in [-0.15, -0.1) is 17.5 Å². The van der Waals surface area contributed by atoms with Crippen molar-refractivity contribution in [2.75, 3.05) is 5.06 Å². The van der Waals surface area contributed by atoms with Gasteiger partial charge in [0.25, 0.3) is 5.91 Å². The van der Waals surface area contributed by atoms with E-state index in [-0.39, 0.29) is 18.2 Å². The quantitative estimate of drug-likeness (QED) is 0.774. The van der Waals surface area contributed by atoms with Crippen LogP contribution in [0, 0.1) is 6.92 Å². The van der Waals surface area contributed by atoms with Crippen molar-refractivity contribution in [2.24, 2.45) is 5.73 Å². The molecule has 1 aromatic carbocycles. The molecule has 1 atom stereocenters. The van der Waals surface area contributed by atoms with Crippen LogP contribution in [0.15, 0.2) is 30.5 Å². The average Bonchev–Trinajstić information content (AvgIpc) is 2.81. The molecule has 0 fully saturated rings. The van der Waals surface area contributed by atoms with Crippen molar-refractivity contribution in [3.8, 4) is 5.69 Å². The summed E-state index contributed by atoms with van der Waals surface area (Å²) in [6.45, 7) is 2.00. The summed E-state index contributed by atoms with van der Waals surface area (Å²) in [6.07, 6.45) is 2.17. The van der Waals surface area contributed by atoms with E-state index in [1.165, 1.54) is 0 Å². The van der Waals surface area contributed by atoms with Crippen molar-refractivity contribution in [3.63, 3.8) is 0 Å². The maximum atomic E-state index is 11.6. The minimum Gasteiger partial charge on any atom is -0.320 e. The number of fused-ring (bicyclic) bond motifs is 1. The SMILES string of the molecule is Cc1ccc(-n2cc3c(n2)N(O)C(=O)[C@@H](N)C3)cc1.Cl. The predicted octanol–water partition coefficient (Wildman–Crippen LogP) is 1.21. The number of nitrogens with zero attached hydrogens (tertiary/aromatic N) is 3. The Kier molecular flexibility index (Phi) is 3.80. The summed E-state index contributed by atoms with van der Waals surface area (Å²) in [5.74, 6) is -0.270. The zero-order valence-corrected chi connectivity index (χ0v) is 11.7. The van der Waals surface area contributed by atoms with E-state index in [0.29, 0.717) is 11.5 Å². The second-order valence-electron chi connectivity index (χ2n) is 4.72. The molecule has 0 bridgehead atoms. The van der Waals surface area contributed by atoms with Gasteiger partial charge in [-0.05, 0) is 19.1 Å². The van der Waals surface area contributed by atoms with Gasteiger partial charge in [-0.2, -0.15) is 5.06 Å². The van der Waals surface area contributed by atoms with Crippen LogP contribution in [0.25, 0.3) is 5.69 Å². The van der Waals surface area contributed by atoms with Crippen molar-refractivity contribution in [1.29, 1.82) is 0 Å². The van der Waals surface area contributed by atoms with Gasteiger partial charge in [-0.1, -0.05) is 17.7 Å². The number of nitrogens with two attached hydrogens (primary N) is 1. The molecule has 2 aromatic rings. The van der Waals surface area contributed by atoms with Gasteiger partial charge in [0.1, 0.15) is 0 Å². The second-order valence-corrected chi connectivity index (χ2v) is 4.72. The first-order valence-corrected chi connectivity index (χ1v) is 6.00. The number of aryl methyl sites for hydroxylation is 1. The van der Waals surface area contributed by atoms with Crippen LogP contribution in [0.2, 0.25) is 0 Å². The predicted molar refractivity (Wildman–Crippen MR) is 76.5 cm³/mol. The van der Waals surface area contributed by atoms with Crippen LogP contribution in [-0.4, -0.2) is 26.9 Å². The summed E-state index contributed by atoms with van der Waals surface area (Å²) < 4.78 is 1.64. The number of hydroxylamine groups is 1.